The van der Waals surface area contributed by atoms with Crippen LogP contribution in [0, 0.1) is 11.2 Å². The van der Waals surface area contributed by atoms with Gasteiger partial charge in [-0.15, -0.1) is 0 Å². The van der Waals surface area contributed by atoms with Crippen LogP contribution in [-0.2, 0) is 9.84 Å². The first-order chi connectivity index (χ1) is 17.1. The Balaban J connectivity index is 1.59. The number of amidine groups is 1. The molecule has 0 saturated carbocycles. The lowest BCUT2D eigenvalue weighted by molar-refractivity contribution is 0.102. The molecule has 36 heavy (non-hydrogen) atoms. The Kier molecular flexibility index (Phi) is 6.84. The number of hydrogen-bond donors (Lipinski definition) is 3. The van der Waals surface area contributed by atoms with Crippen molar-refractivity contribution < 1.29 is 22.3 Å². The third-order valence-corrected chi connectivity index (χ3v) is 6.47. The highest BCUT2D eigenvalue weighted by Gasteiger charge is 2.18. The summed E-state index contributed by atoms with van der Waals surface area (Å²) in [5.74, 6) is -0.837. The van der Waals surface area contributed by atoms with Crippen LogP contribution in [0.5, 0.6) is 11.5 Å². The minimum atomic E-state index is -3.52. The number of carbonyl (C=O) groups excluding carboxylic acids is 1. The van der Waals surface area contributed by atoms with E-state index in [4.69, 9.17) is 15.9 Å². The van der Waals surface area contributed by atoms with Crippen molar-refractivity contribution in [2.75, 3.05) is 11.6 Å². The third-order valence-electron chi connectivity index (χ3n) is 5.32. The van der Waals surface area contributed by atoms with Crippen molar-refractivity contribution in [3.8, 4) is 22.6 Å². The maximum Gasteiger partial charge on any atom is 0.259 e. The van der Waals surface area contributed by atoms with Crippen LogP contribution >= 0.6 is 0 Å². The summed E-state index contributed by atoms with van der Waals surface area (Å²) in [6.45, 7) is 0. The first-order valence-electron chi connectivity index (χ1n) is 10.7. The number of nitrogen functional groups attached to an aromatic ring is 1. The van der Waals surface area contributed by atoms with Crippen LogP contribution in [0.4, 0.5) is 10.1 Å². The summed E-state index contributed by atoms with van der Waals surface area (Å²) in [5.41, 5.74) is 6.81. The molecule has 0 spiro atoms. The number of nitrogens with two attached hydrogens (primary N) is 1. The molecule has 0 heterocycles. The molecule has 9 heteroatoms. The Hall–Kier alpha value is -4.50. The Morgan fingerprint density at radius 2 is 1.67 bits per heavy atom. The van der Waals surface area contributed by atoms with Crippen molar-refractivity contribution in [2.45, 2.75) is 4.90 Å². The summed E-state index contributed by atoms with van der Waals surface area (Å²) in [6.07, 6.45) is 1.09. The Labute approximate surface area is 207 Å². The van der Waals surface area contributed by atoms with Crippen LogP contribution < -0.4 is 15.8 Å². The maximum atomic E-state index is 15.0. The zero-order chi connectivity index (χ0) is 25.9. The van der Waals surface area contributed by atoms with Gasteiger partial charge >= 0.3 is 0 Å². The number of hydrogen-bond acceptors (Lipinski definition) is 5. The van der Waals surface area contributed by atoms with E-state index in [0.717, 1.165) is 6.26 Å². The van der Waals surface area contributed by atoms with Crippen molar-refractivity contribution >= 4 is 27.3 Å². The smallest absolute Gasteiger partial charge is 0.259 e. The predicted molar refractivity (Wildman–Crippen MR) is 137 cm³/mol. The van der Waals surface area contributed by atoms with E-state index < -0.39 is 21.6 Å². The Morgan fingerprint density at radius 3 is 2.39 bits per heavy atom. The van der Waals surface area contributed by atoms with Crippen molar-refractivity contribution in [3.05, 3.63) is 108 Å². The van der Waals surface area contributed by atoms with E-state index in [0.29, 0.717) is 22.4 Å². The van der Waals surface area contributed by atoms with Crippen LogP contribution in [-0.4, -0.2) is 26.4 Å². The molecule has 4 rings (SSSR count). The van der Waals surface area contributed by atoms with E-state index in [1.807, 2.05) is 0 Å². The number of sulfone groups is 1. The van der Waals surface area contributed by atoms with E-state index in [-0.39, 0.29) is 27.7 Å². The molecule has 4 aromatic rings. The zero-order valence-corrected chi connectivity index (χ0v) is 20.0. The number of nitrogens with one attached hydrogen (secondary N) is 2. The van der Waals surface area contributed by atoms with Crippen LogP contribution in [0.1, 0.15) is 15.9 Å². The molecule has 0 unspecified atom stereocenters. The second-order valence-corrected chi connectivity index (χ2v) is 9.94. The van der Waals surface area contributed by atoms with Gasteiger partial charge in [0.2, 0.25) is 0 Å². The highest BCUT2D eigenvalue weighted by molar-refractivity contribution is 7.90. The van der Waals surface area contributed by atoms with Crippen LogP contribution in [0.2, 0.25) is 0 Å². The van der Waals surface area contributed by atoms with Gasteiger partial charge in [0.15, 0.2) is 9.84 Å². The molecule has 1 amide bonds. The van der Waals surface area contributed by atoms with Gasteiger partial charge in [0.25, 0.3) is 5.91 Å². The molecule has 0 aromatic heterocycles. The average Bonchev–Trinajstić information content (AvgIpc) is 2.85. The minimum absolute atomic E-state index is 0.0750. The zero-order valence-electron chi connectivity index (χ0n) is 19.2. The molecule has 0 fully saturated rings. The lowest BCUT2D eigenvalue weighted by atomic mass is 10.0. The van der Waals surface area contributed by atoms with E-state index in [2.05, 4.69) is 5.32 Å². The summed E-state index contributed by atoms with van der Waals surface area (Å²) in [4.78, 5) is 13.1. The maximum absolute atomic E-state index is 15.0. The predicted octanol–water partition coefficient (Wildman–Crippen LogP) is 5.22. The number of anilines is 1. The lowest BCUT2D eigenvalue weighted by Gasteiger charge is -2.13. The van der Waals surface area contributed by atoms with Gasteiger partial charge in [0, 0.05) is 17.4 Å². The van der Waals surface area contributed by atoms with Crippen molar-refractivity contribution in [2.24, 2.45) is 5.73 Å². The van der Waals surface area contributed by atoms with Gasteiger partial charge in [-0.3, -0.25) is 10.2 Å². The van der Waals surface area contributed by atoms with Gasteiger partial charge in [-0.25, -0.2) is 12.8 Å². The SMILES string of the molecule is CS(=O)(=O)c1ccccc1-c1ccc(NC(=O)c2ccccc2Oc2cccc(C(=N)N)c2)c(F)c1. The first kappa shape index (κ1) is 24.6. The fourth-order valence-corrected chi connectivity index (χ4v) is 4.51. The fourth-order valence-electron chi connectivity index (χ4n) is 3.60. The van der Waals surface area contributed by atoms with Crippen LogP contribution in [0.25, 0.3) is 11.1 Å². The summed E-state index contributed by atoms with van der Waals surface area (Å²) in [7, 11) is -3.52. The number of halogens is 1. The van der Waals surface area contributed by atoms with E-state index in [9.17, 15) is 17.6 Å². The Bertz CT molecular complexity index is 1590. The molecular formula is C27H22FN3O4S. The van der Waals surface area contributed by atoms with Gasteiger partial charge in [0.05, 0.1) is 16.1 Å². The largest absolute Gasteiger partial charge is 0.457 e. The number of ether oxygens (including phenoxy) is 1. The van der Waals surface area contributed by atoms with Crippen LogP contribution in [0.3, 0.4) is 0 Å². The standard InChI is InChI=1S/C27H22FN3O4S/c1-36(33,34)25-12-5-3-9-20(25)17-13-14-23(22(28)16-17)31-27(32)21-10-2-4-11-24(21)35-19-8-6-7-18(15-19)26(29)30/h2-16H,1H3,(H3,29,30)(H,31,32). The molecule has 0 aliphatic carbocycles. The number of para-hydroxylation sites is 1. The van der Waals surface area contributed by atoms with Gasteiger partial charge in [-0.05, 0) is 48.0 Å². The first-order valence-corrected chi connectivity index (χ1v) is 12.6. The van der Waals surface area contributed by atoms with Gasteiger partial charge < -0.3 is 15.8 Å². The fraction of sp³-hybridized carbons (Fsp3) is 0.0370. The van der Waals surface area contributed by atoms with Gasteiger partial charge in [0.1, 0.15) is 23.2 Å². The summed E-state index contributed by atoms with van der Waals surface area (Å²) < 4.78 is 45.1. The summed E-state index contributed by atoms with van der Waals surface area (Å²) in [5, 5.41) is 10.1. The molecule has 0 atom stereocenters. The molecule has 7 nitrogen and oxygen atoms in total. The average molecular weight is 504 g/mol. The highest BCUT2D eigenvalue weighted by Crippen LogP contribution is 2.31. The van der Waals surface area contributed by atoms with E-state index in [1.54, 1.807) is 66.7 Å². The third kappa shape index (κ3) is 5.42. The van der Waals surface area contributed by atoms with E-state index >= 15 is 0 Å². The van der Waals surface area contributed by atoms with Gasteiger partial charge in [-0.2, -0.15) is 0 Å². The Morgan fingerprint density at radius 1 is 0.944 bits per heavy atom. The lowest BCUT2D eigenvalue weighted by Crippen LogP contribution is -2.14. The molecule has 182 valence electrons. The number of carbonyl (C=O) groups is 1. The second kappa shape index (κ2) is 10.0. The topological polar surface area (TPSA) is 122 Å². The number of benzene rings is 4. The molecule has 0 bridgehead atoms. The normalized spacial score (nSPS) is 11.1. The van der Waals surface area contributed by atoms with E-state index in [1.165, 1.54) is 24.3 Å². The van der Waals surface area contributed by atoms with Crippen molar-refractivity contribution in [1.29, 1.82) is 5.41 Å². The summed E-state index contributed by atoms with van der Waals surface area (Å²) in [6, 6.07) is 23.4. The number of rotatable bonds is 7. The highest BCUT2D eigenvalue weighted by atomic mass is 32.2. The molecule has 4 N–H and O–H groups in total. The minimum Gasteiger partial charge on any atom is -0.457 e. The summed E-state index contributed by atoms with van der Waals surface area (Å²) >= 11 is 0. The molecule has 0 radical (unpaired) electrons. The molecule has 0 saturated heterocycles. The monoisotopic (exact) mass is 503 g/mol. The molecule has 0 aliphatic heterocycles. The molecule has 4 aromatic carbocycles. The quantitative estimate of drug-likeness (QED) is 0.236. The molecule has 0 aliphatic rings. The van der Waals surface area contributed by atoms with Crippen molar-refractivity contribution in [3.63, 3.8) is 0 Å². The number of amides is 1. The van der Waals surface area contributed by atoms with Crippen molar-refractivity contribution in [1.82, 2.24) is 0 Å². The van der Waals surface area contributed by atoms with Crippen LogP contribution in [0.15, 0.2) is 95.9 Å². The van der Waals surface area contributed by atoms with Gasteiger partial charge in [-0.1, -0.05) is 48.5 Å². The molecular weight excluding hydrogens is 481 g/mol. The second-order valence-electron chi connectivity index (χ2n) is 7.96.